The summed E-state index contributed by atoms with van der Waals surface area (Å²) in [6, 6.07) is 5.52. The summed E-state index contributed by atoms with van der Waals surface area (Å²) in [6.45, 7) is 5.41. The van der Waals surface area contributed by atoms with E-state index in [1.165, 1.54) is 25.7 Å². The van der Waals surface area contributed by atoms with Crippen LogP contribution in [0.25, 0.3) is 0 Å². The van der Waals surface area contributed by atoms with Gasteiger partial charge in [0.05, 0.1) is 30.1 Å². The van der Waals surface area contributed by atoms with Crippen molar-refractivity contribution >= 4 is 17.5 Å². The minimum absolute atomic E-state index is 0.00148. The molecule has 2 heterocycles. The number of ether oxygens (including phenoxy) is 3. The number of fused-ring (bicyclic) bond motifs is 2. The number of oxime groups is 1. The zero-order valence-corrected chi connectivity index (χ0v) is 28.0. The molecule has 1 saturated heterocycles. The molecule has 3 N–H and O–H groups in total. The minimum Gasteiger partial charge on any atom is -0.508 e. The molecule has 7 unspecified atom stereocenters. The van der Waals surface area contributed by atoms with Crippen LogP contribution in [0.5, 0.6) is 11.5 Å². The highest BCUT2D eigenvalue weighted by molar-refractivity contribution is 8.00. The number of phenols is 1. The largest absolute Gasteiger partial charge is 0.508 e. The lowest BCUT2D eigenvalue weighted by atomic mass is 9.56. The number of hydrogen-bond donors (Lipinski definition) is 3. The van der Waals surface area contributed by atoms with E-state index in [4.69, 9.17) is 24.2 Å². The number of thioether (sulfide) groups is 1. The van der Waals surface area contributed by atoms with Crippen molar-refractivity contribution in [2.24, 2.45) is 22.9 Å². The van der Waals surface area contributed by atoms with E-state index in [9.17, 15) is 15.3 Å². The first-order valence-corrected chi connectivity index (χ1v) is 18.7. The van der Waals surface area contributed by atoms with Crippen LogP contribution in [0.3, 0.4) is 0 Å². The van der Waals surface area contributed by atoms with Crippen LogP contribution in [0.1, 0.15) is 101 Å². The first-order valence-electron chi connectivity index (χ1n) is 17.8. The third-order valence-electron chi connectivity index (χ3n) is 10.7. The molecule has 2 aliphatic heterocycles. The second kappa shape index (κ2) is 15.9. The highest BCUT2D eigenvalue weighted by Crippen LogP contribution is 2.63. The van der Waals surface area contributed by atoms with Gasteiger partial charge in [-0.2, -0.15) is 0 Å². The monoisotopic (exact) mass is 655 g/mol. The summed E-state index contributed by atoms with van der Waals surface area (Å²) >= 11 is 2.00. The van der Waals surface area contributed by atoms with Gasteiger partial charge in [0, 0.05) is 42.8 Å². The van der Waals surface area contributed by atoms with E-state index in [0.717, 1.165) is 80.4 Å². The number of phenolic OH excluding ortho intramolecular Hbond substituents is 1. The van der Waals surface area contributed by atoms with Gasteiger partial charge in [0.15, 0.2) is 0 Å². The fourth-order valence-electron chi connectivity index (χ4n) is 8.63. The molecule has 6 rings (SSSR count). The molecule has 1 aromatic carbocycles. The van der Waals surface area contributed by atoms with Crippen molar-refractivity contribution in [1.82, 2.24) is 0 Å². The van der Waals surface area contributed by atoms with Gasteiger partial charge in [0.1, 0.15) is 11.5 Å². The second-order valence-electron chi connectivity index (χ2n) is 13.7. The summed E-state index contributed by atoms with van der Waals surface area (Å²) in [4.78, 5) is 6.17. The van der Waals surface area contributed by atoms with Gasteiger partial charge in [0.2, 0.25) is 12.1 Å². The molecule has 3 aliphatic carbocycles. The van der Waals surface area contributed by atoms with Gasteiger partial charge < -0.3 is 34.4 Å². The molecule has 9 heteroatoms. The molecule has 0 bridgehead atoms. The standard InChI is InChI=1S/C37H53NO7S/c1-2-20-43-37-33(46-27-12-3-4-13-27)24-31(38-45-34-15-7-10-21-42-34)29-22-25(11-5-8-18-39)28(14-6-9-19-40)35(36(29)37)30-23-26(41)16-17-32(30)44-37/h2,16-17,22-23,25,27-28,33-36,39-41H,1,3-15,18-21,24H2. The Kier molecular flexibility index (Phi) is 11.7. The number of benzene rings is 1. The van der Waals surface area contributed by atoms with E-state index >= 15 is 0 Å². The first kappa shape index (κ1) is 33.8. The highest BCUT2D eigenvalue weighted by Gasteiger charge is 2.64. The molecular formula is C37H53NO7S. The Morgan fingerprint density at radius 3 is 2.54 bits per heavy atom. The van der Waals surface area contributed by atoms with Crippen LogP contribution in [0.2, 0.25) is 0 Å². The van der Waals surface area contributed by atoms with Crippen LogP contribution in [0.15, 0.2) is 47.7 Å². The maximum atomic E-state index is 10.8. The van der Waals surface area contributed by atoms with E-state index < -0.39 is 5.79 Å². The number of nitrogens with zero attached hydrogens (tertiary/aromatic N) is 1. The summed E-state index contributed by atoms with van der Waals surface area (Å²) in [5.74, 6) is 0.335. The Morgan fingerprint density at radius 2 is 1.80 bits per heavy atom. The van der Waals surface area contributed by atoms with Gasteiger partial charge in [-0.15, -0.1) is 18.3 Å². The summed E-state index contributed by atoms with van der Waals surface area (Å²) in [6.07, 6.45) is 17.6. The lowest BCUT2D eigenvalue weighted by Crippen LogP contribution is -2.64. The normalized spacial score (nSPS) is 33.2. The van der Waals surface area contributed by atoms with E-state index in [1.807, 2.05) is 30.0 Å². The minimum atomic E-state index is -0.951. The van der Waals surface area contributed by atoms with Crippen molar-refractivity contribution in [3.63, 3.8) is 0 Å². The third kappa shape index (κ3) is 7.19. The van der Waals surface area contributed by atoms with Crippen LogP contribution in [0.4, 0.5) is 0 Å². The van der Waals surface area contributed by atoms with E-state index in [-0.39, 0.29) is 54.2 Å². The van der Waals surface area contributed by atoms with Gasteiger partial charge >= 0.3 is 0 Å². The summed E-state index contributed by atoms with van der Waals surface area (Å²) < 4.78 is 20.0. The summed E-state index contributed by atoms with van der Waals surface area (Å²) in [5, 5.41) is 35.6. The quantitative estimate of drug-likeness (QED) is 0.103. The maximum Gasteiger partial charge on any atom is 0.230 e. The SMILES string of the molecule is C=CCOC12Oc3ccc(O)cc3C3C(CCCCO)C(CCCCO)C=C(C(=NOC4CCCCO4)CC1SC1CCCC1)C32. The Morgan fingerprint density at radius 1 is 1.02 bits per heavy atom. The van der Waals surface area contributed by atoms with Gasteiger partial charge in [0.25, 0.3) is 0 Å². The molecule has 1 aromatic rings. The van der Waals surface area contributed by atoms with Crippen molar-refractivity contribution in [2.75, 3.05) is 26.4 Å². The van der Waals surface area contributed by atoms with E-state index in [0.29, 0.717) is 24.9 Å². The Bertz CT molecular complexity index is 1230. The average Bonchev–Trinajstić information content (AvgIpc) is 3.59. The molecule has 46 heavy (non-hydrogen) atoms. The van der Waals surface area contributed by atoms with E-state index in [2.05, 4.69) is 12.7 Å². The summed E-state index contributed by atoms with van der Waals surface area (Å²) in [7, 11) is 0. The zero-order valence-electron chi connectivity index (χ0n) is 27.2. The molecule has 8 nitrogen and oxygen atoms in total. The molecule has 0 radical (unpaired) electrons. The topological polar surface area (TPSA) is 110 Å². The van der Waals surface area contributed by atoms with Crippen molar-refractivity contribution < 1.29 is 34.4 Å². The van der Waals surface area contributed by atoms with Crippen molar-refractivity contribution in [3.8, 4) is 11.5 Å². The molecular weight excluding hydrogens is 602 g/mol. The zero-order chi connectivity index (χ0) is 31.9. The van der Waals surface area contributed by atoms with Gasteiger partial charge in [-0.25, -0.2) is 0 Å². The first-order chi connectivity index (χ1) is 22.6. The fraction of sp³-hybridized carbons (Fsp3) is 0.703. The molecule has 3 fully saturated rings. The molecule has 254 valence electrons. The maximum absolute atomic E-state index is 10.8. The van der Waals surface area contributed by atoms with Gasteiger partial charge in [-0.1, -0.05) is 43.0 Å². The fourth-order valence-corrected chi connectivity index (χ4v) is 10.4. The van der Waals surface area contributed by atoms with E-state index in [1.54, 1.807) is 6.07 Å². The third-order valence-corrected chi connectivity index (χ3v) is 12.4. The van der Waals surface area contributed by atoms with Crippen molar-refractivity contribution in [1.29, 1.82) is 0 Å². The molecule has 0 amide bonds. The van der Waals surface area contributed by atoms with Gasteiger partial charge in [-0.05, 0) is 87.0 Å². The number of allylic oxidation sites excluding steroid dienone is 1. The highest BCUT2D eigenvalue weighted by atomic mass is 32.2. The average molecular weight is 656 g/mol. The molecule has 2 saturated carbocycles. The smallest absolute Gasteiger partial charge is 0.230 e. The number of aliphatic hydroxyl groups is 2. The molecule has 5 aliphatic rings. The molecule has 0 spiro atoms. The number of aliphatic hydroxyl groups excluding tert-OH is 2. The van der Waals surface area contributed by atoms with Gasteiger partial charge in [-0.3, -0.25) is 0 Å². The Balaban J connectivity index is 1.50. The number of rotatable bonds is 15. The lowest BCUT2D eigenvalue weighted by Gasteiger charge is -2.58. The Labute approximate surface area is 278 Å². The predicted molar refractivity (Wildman–Crippen MR) is 181 cm³/mol. The summed E-state index contributed by atoms with van der Waals surface area (Å²) in [5.41, 5.74) is 3.08. The second-order valence-corrected chi connectivity index (χ2v) is 15.2. The lowest BCUT2D eigenvalue weighted by molar-refractivity contribution is -0.223. The van der Waals surface area contributed by atoms with Crippen LogP contribution < -0.4 is 4.74 Å². The number of aromatic hydroxyl groups is 1. The van der Waals surface area contributed by atoms with Crippen LogP contribution >= 0.6 is 11.8 Å². The van der Waals surface area contributed by atoms with Crippen LogP contribution in [0, 0.1) is 17.8 Å². The molecule has 0 aromatic heterocycles. The predicted octanol–water partition coefficient (Wildman–Crippen LogP) is 7.23. The van der Waals surface area contributed by atoms with Crippen molar-refractivity contribution in [2.45, 2.75) is 118 Å². The van der Waals surface area contributed by atoms with Crippen molar-refractivity contribution in [3.05, 3.63) is 48.1 Å². The number of unbranched alkanes of at least 4 members (excludes halogenated alkanes) is 2. The van der Waals surface area contributed by atoms with Crippen LogP contribution in [-0.4, -0.2) is 70.0 Å². The Hall–Kier alpha value is -2.04. The number of hydrogen-bond acceptors (Lipinski definition) is 9. The van der Waals surface area contributed by atoms with Crippen LogP contribution in [-0.2, 0) is 14.3 Å². The molecule has 7 atom stereocenters.